The largest absolute Gasteiger partial charge is 0.328 e. The molecule has 0 aromatic heterocycles. The minimum absolute atomic E-state index is 0.0327. The van der Waals surface area contributed by atoms with Crippen LogP contribution in [0.5, 0.6) is 0 Å². The third-order valence-corrected chi connectivity index (χ3v) is 3.12. The van der Waals surface area contributed by atoms with Gasteiger partial charge < -0.3 is 4.90 Å². The van der Waals surface area contributed by atoms with E-state index in [1.165, 1.54) is 12.5 Å². The van der Waals surface area contributed by atoms with E-state index in [4.69, 9.17) is 0 Å². The second kappa shape index (κ2) is 4.08. The molecular weight excluding hydrogens is 202 g/mol. The van der Waals surface area contributed by atoms with E-state index in [-0.39, 0.29) is 17.7 Å². The lowest BCUT2D eigenvalue weighted by Gasteiger charge is -2.34. The lowest BCUT2D eigenvalue weighted by molar-refractivity contribution is -0.138. The quantitative estimate of drug-likeness (QED) is 0.715. The first-order valence-corrected chi connectivity index (χ1v) is 5.44. The average molecular weight is 217 g/mol. The zero-order valence-electron chi connectivity index (χ0n) is 9.56. The Morgan fingerprint density at radius 1 is 1.19 bits per heavy atom. The minimum Gasteiger partial charge on any atom is -0.328 e. The van der Waals surface area contributed by atoms with Gasteiger partial charge in [0.15, 0.2) is 5.78 Å². The van der Waals surface area contributed by atoms with E-state index in [1.54, 1.807) is 11.8 Å². The summed E-state index contributed by atoms with van der Waals surface area (Å²) in [5.74, 6) is 0.0272. The number of ketones is 1. The number of hydrogen-bond donors (Lipinski definition) is 0. The second-order valence-corrected chi connectivity index (χ2v) is 4.25. The molecule has 1 amide bonds. The maximum Gasteiger partial charge on any atom is 0.220 e. The first kappa shape index (κ1) is 10.9. The molecule has 1 aromatic carbocycles. The fourth-order valence-electron chi connectivity index (χ4n) is 2.22. The van der Waals surface area contributed by atoms with Crippen LogP contribution in [0.1, 0.15) is 25.0 Å². The lowest BCUT2D eigenvalue weighted by Crippen LogP contribution is -2.46. The van der Waals surface area contributed by atoms with Crippen LogP contribution in [0, 0.1) is 0 Å². The van der Waals surface area contributed by atoms with Gasteiger partial charge in [-0.25, -0.2) is 0 Å². The SMILES string of the molecule is CC(=O)C1Cc2ccccc2CN1C(C)=O. The maximum atomic E-state index is 11.5. The van der Waals surface area contributed by atoms with Crippen LogP contribution in [0.15, 0.2) is 24.3 Å². The molecule has 2 rings (SSSR count). The number of fused-ring (bicyclic) bond motifs is 1. The number of hydrogen-bond acceptors (Lipinski definition) is 2. The van der Waals surface area contributed by atoms with Gasteiger partial charge in [0.2, 0.25) is 5.91 Å². The number of carbonyl (C=O) groups is 2. The monoisotopic (exact) mass is 217 g/mol. The van der Waals surface area contributed by atoms with Gasteiger partial charge in [0.05, 0.1) is 6.04 Å². The van der Waals surface area contributed by atoms with Gasteiger partial charge in [-0.2, -0.15) is 0 Å². The number of benzene rings is 1. The van der Waals surface area contributed by atoms with Crippen molar-refractivity contribution in [2.45, 2.75) is 32.9 Å². The summed E-state index contributed by atoms with van der Waals surface area (Å²) in [6, 6.07) is 7.70. The number of rotatable bonds is 1. The Labute approximate surface area is 95.1 Å². The molecule has 1 atom stereocenters. The molecule has 1 aliphatic heterocycles. The topological polar surface area (TPSA) is 37.4 Å². The van der Waals surface area contributed by atoms with Crippen molar-refractivity contribution in [1.82, 2.24) is 4.90 Å². The van der Waals surface area contributed by atoms with Crippen molar-refractivity contribution < 1.29 is 9.59 Å². The molecule has 0 N–H and O–H groups in total. The van der Waals surface area contributed by atoms with Crippen molar-refractivity contribution in [2.24, 2.45) is 0 Å². The standard InChI is InChI=1S/C13H15NO2/c1-9(15)13-7-11-5-3-4-6-12(11)8-14(13)10(2)16/h3-6,13H,7-8H2,1-2H3. The van der Waals surface area contributed by atoms with E-state index < -0.39 is 0 Å². The molecule has 3 heteroatoms. The molecule has 0 radical (unpaired) electrons. The number of carbonyl (C=O) groups excluding carboxylic acids is 2. The van der Waals surface area contributed by atoms with Crippen LogP contribution in [0.2, 0.25) is 0 Å². The number of amides is 1. The zero-order chi connectivity index (χ0) is 11.7. The zero-order valence-corrected chi connectivity index (χ0v) is 9.56. The van der Waals surface area contributed by atoms with E-state index in [2.05, 4.69) is 0 Å². The fraction of sp³-hybridized carbons (Fsp3) is 0.385. The molecule has 1 unspecified atom stereocenters. The van der Waals surface area contributed by atoms with Crippen LogP contribution < -0.4 is 0 Å². The summed E-state index contributed by atoms with van der Waals surface area (Å²) in [7, 11) is 0. The summed E-state index contributed by atoms with van der Waals surface area (Å²) in [4.78, 5) is 24.7. The molecule has 3 nitrogen and oxygen atoms in total. The van der Waals surface area contributed by atoms with Crippen molar-refractivity contribution >= 4 is 11.7 Å². The molecule has 0 bridgehead atoms. The summed E-state index contributed by atoms with van der Waals surface area (Å²) < 4.78 is 0. The molecule has 0 aliphatic carbocycles. The molecule has 0 saturated heterocycles. The van der Waals surface area contributed by atoms with Gasteiger partial charge in [-0.05, 0) is 18.1 Å². The summed E-state index contributed by atoms with van der Waals surface area (Å²) in [6.45, 7) is 3.62. The summed E-state index contributed by atoms with van der Waals surface area (Å²) in [5.41, 5.74) is 2.33. The van der Waals surface area contributed by atoms with Crippen LogP contribution in [-0.4, -0.2) is 22.6 Å². The molecule has 84 valence electrons. The van der Waals surface area contributed by atoms with Gasteiger partial charge in [-0.15, -0.1) is 0 Å². The molecular formula is C13H15NO2. The van der Waals surface area contributed by atoms with Gasteiger partial charge >= 0.3 is 0 Å². The average Bonchev–Trinajstić information content (AvgIpc) is 2.27. The summed E-state index contributed by atoms with van der Waals surface area (Å²) in [5, 5.41) is 0. The molecule has 0 fully saturated rings. The highest BCUT2D eigenvalue weighted by Crippen LogP contribution is 2.23. The Hall–Kier alpha value is -1.64. The van der Waals surface area contributed by atoms with Crippen LogP contribution in [-0.2, 0) is 22.6 Å². The van der Waals surface area contributed by atoms with E-state index in [0.717, 1.165) is 5.56 Å². The van der Waals surface area contributed by atoms with Crippen LogP contribution in [0.3, 0.4) is 0 Å². The minimum atomic E-state index is -0.285. The third kappa shape index (κ3) is 1.85. The molecule has 16 heavy (non-hydrogen) atoms. The molecule has 0 saturated carbocycles. The van der Waals surface area contributed by atoms with Gasteiger partial charge in [0.25, 0.3) is 0 Å². The van der Waals surface area contributed by atoms with Gasteiger partial charge in [0, 0.05) is 19.9 Å². The smallest absolute Gasteiger partial charge is 0.220 e. The Kier molecular flexibility index (Phi) is 2.77. The first-order chi connectivity index (χ1) is 7.59. The third-order valence-electron chi connectivity index (χ3n) is 3.12. The van der Waals surface area contributed by atoms with E-state index in [1.807, 2.05) is 24.3 Å². The fourth-order valence-corrected chi connectivity index (χ4v) is 2.22. The first-order valence-electron chi connectivity index (χ1n) is 5.44. The molecule has 1 aliphatic rings. The molecule has 1 aromatic rings. The van der Waals surface area contributed by atoms with Crippen molar-refractivity contribution in [3.05, 3.63) is 35.4 Å². The normalized spacial score (nSPS) is 19.1. The van der Waals surface area contributed by atoms with Crippen LogP contribution in [0.25, 0.3) is 0 Å². The van der Waals surface area contributed by atoms with Gasteiger partial charge in [0.1, 0.15) is 0 Å². The maximum absolute atomic E-state index is 11.5. The van der Waals surface area contributed by atoms with Crippen LogP contribution in [0.4, 0.5) is 0 Å². The predicted octanol–water partition coefficient (Wildman–Crippen LogP) is 1.55. The Morgan fingerprint density at radius 3 is 2.38 bits per heavy atom. The second-order valence-electron chi connectivity index (χ2n) is 4.25. The van der Waals surface area contributed by atoms with Gasteiger partial charge in [-0.1, -0.05) is 24.3 Å². The molecule has 1 heterocycles. The van der Waals surface area contributed by atoms with E-state index in [0.29, 0.717) is 13.0 Å². The van der Waals surface area contributed by atoms with E-state index in [9.17, 15) is 9.59 Å². The van der Waals surface area contributed by atoms with E-state index >= 15 is 0 Å². The van der Waals surface area contributed by atoms with Crippen molar-refractivity contribution in [2.75, 3.05) is 0 Å². The molecule has 0 spiro atoms. The van der Waals surface area contributed by atoms with Gasteiger partial charge in [-0.3, -0.25) is 9.59 Å². The number of nitrogens with zero attached hydrogens (tertiary/aromatic N) is 1. The summed E-state index contributed by atoms with van der Waals surface area (Å²) >= 11 is 0. The highest BCUT2D eigenvalue weighted by Gasteiger charge is 2.30. The summed E-state index contributed by atoms with van der Waals surface area (Å²) in [6.07, 6.45) is 0.644. The van der Waals surface area contributed by atoms with Crippen molar-refractivity contribution in [3.8, 4) is 0 Å². The Bertz CT molecular complexity index is 398. The van der Waals surface area contributed by atoms with Crippen LogP contribution >= 0.6 is 0 Å². The predicted molar refractivity (Wildman–Crippen MR) is 60.8 cm³/mol. The van der Waals surface area contributed by atoms with Crippen molar-refractivity contribution in [3.63, 3.8) is 0 Å². The Morgan fingerprint density at radius 2 is 1.81 bits per heavy atom. The Balaban J connectivity index is 2.37. The lowest BCUT2D eigenvalue weighted by atomic mass is 9.92. The number of Topliss-reactive ketones (excluding diaryl/α,β-unsaturated/α-hetero) is 1. The highest BCUT2D eigenvalue weighted by atomic mass is 16.2. The van der Waals surface area contributed by atoms with Crippen molar-refractivity contribution in [1.29, 1.82) is 0 Å². The highest BCUT2D eigenvalue weighted by molar-refractivity contribution is 5.87.